The summed E-state index contributed by atoms with van der Waals surface area (Å²) in [4.78, 5) is 13.2. The van der Waals surface area contributed by atoms with Crippen molar-refractivity contribution in [2.45, 2.75) is 26.0 Å². The second-order valence-electron chi connectivity index (χ2n) is 9.27. The quantitative estimate of drug-likeness (QED) is 0.429. The summed E-state index contributed by atoms with van der Waals surface area (Å²) in [7, 11) is 2.02. The van der Waals surface area contributed by atoms with Crippen LogP contribution in [0.1, 0.15) is 30.0 Å². The van der Waals surface area contributed by atoms with Crippen LogP contribution in [0.2, 0.25) is 0 Å². The van der Waals surface area contributed by atoms with Gasteiger partial charge in [-0.15, -0.1) is 0 Å². The topological polar surface area (TPSA) is 103 Å². The number of ether oxygens (including phenoxy) is 1. The number of aromatic nitrogens is 4. The van der Waals surface area contributed by atoms with Gasteiger partial charge in [-0.05, 0) is 51.2 Å². The standard InChI is InChI=1S/C27H28FN7O2/c1-17-23(19-4-7-26(31-12-19)34-9-8-33(3)22(15-34)16-36)10-25(27-20(11-29)13-32-35(17)27)37-18(2)24-6-5-21(28)14-30-24/h4-7,10,12-14,18,22,36H,8-9,15-16H2,1-3H3/t18-,22-/m1/s1. The minimum absolute atomic E-state index is 0.0753. The van der Waals surface area contributed by atoms with E-state index in [4.69, 9.17) is 9.72 Å². The van der Waals surface area contributed by atoms with Gasteiger partial charge in [0.15, 0.2) is 0 Å². The summed E-state index contributed by atoms with van der Waals surface area (Å²) in [6.07, 6.45) is 4.01. The number of aliphatic hydroxyl groups excluding tert-OH is 1. The predicted octanol–water partition coefficient (Wildman–Crippen LogP) is 3.36. The molecule has 1 aliphatic heterocycles. The first-order valence-corrected chi connectivity index (χ1v) is 12.1. The SMILES string of the molecule is Cc1c(-c2ccc(N3CCN(C)[C@@H](CO)C3)nc2)cc(O[C@H](C)c2ccc(F)cn2)c2c(C#N)cnn12. The van der Waals surface area contributed by atoms with Gasteiger partial charge < -0.3 is 14.7 Å². The van der Waals surface area contributed by atoms with Crippen molar-refractivity contribution in [3.05, 3.63) is 71.7 Å². The predicted molar refractivity (Wildman–Crippen MR) is 137 cm³/mol. The average molecular weight is 502 g/mol. The third kappa shape index (κ3) is 4.71. The van der Waals surface area contributed by atoms with Crippen LogP contribution in [0, 0.1) is 24.1 Å². The van der Waals surface area contributed by atoms with Crippen molar-refractivity contribution >= 4 is 11.3 Å². The molecule has 0 radical (unpaired) electrons. The summed E-state index contributed by atoms with van der Waals surface area (Å²) >= 11 is 0. The highest BCUT2D eigenvalue weighted by atomic mass is 19.1. The van der Waals surface area contributed by atoms with E-state index in [2.05, 4.69) is 26.0 Å². The molecule has 0 unspecified atom stereocenters. The molecule has 0 amide bonds. The van der Waals surface area contributed by atoms with Crippen LogP contribution >= 0.6 is 0 Å². The Morgan fingerprint density at radius 2 is 2.03 bits per heavy atom. The highest BCUT2D eigenvalue weighted by Gasteiger charge is 2.25. The molecule has 0 aromatic carbocycles. The molecule has 0 bridgehead atoms. The Balaban J connectivity index is 1.50. The van der Waals surface area contributed by atoms with E-state index in [0.29, 0.717) is 29.1 Å². The summed E-state index contributed by atoms with van der Waals surface area (Å²) in [5.41, 5.74) is 4.10. The van der Waals surface area contributed by atoms with Crippen LogP contribution < -0.4 is 9.64 Å². The van der Waals surface area contributed by atoms with Crippen LogP contribution in [0.5, 0.6) is 5.75 Å². The molecule has 5 heterocycles. The number of anilines is 1. The van der Waals surface area contributed by atoms with Gasteiger partial charge in [0.05, 0.1) is 30.7 Å². The summed E-state index contributed by atoms with van der Waals surface area (Å²) in [6.45, 7) is 6.26. The molecule has 190 valence electrons. The number of hydrogen-bond donors (Lipinski definition) is 1. The largest absolute Gasteiger partial charge is 0.482 e. The van der Waals surface area contributed by atoms with Crippen molar-refractivity contribution in [3.63, 3.8) is 0 Å². The molecule has 0 saturated carbocycles. The van der Waals surface area contributed by atoms with E-state index in [9.17, 15) is 14.8 Å². The van der Waals surface area contributed by atoms with Crippen molar-refractivity contribution in [2.75, 3.05) is 38.2 Å². The van der Waals surface area contributed by atoms with E-state index in [1.54, 1.807) is 10.6 Å². The molecular weight excluding hydrogens is 473 g/mol. The molecule has 1 aliphatic rings. The smallest absolute Gasteiger partial charge is 0.148 e. The Labute approximate surface area is 214 Å². The zero-order valence-electron chi connectivity index (χ0n) is 21.0. The molecule has 1 fully saturated rings. The van der Waals surface area contributed by atoms with Crippen molar-refractivity contribution in [1.82, 2.24) is 24.5 Å². The van der Waals surface area contributed by atoms with Gasteiger partial charge in [0, 0.05) is 42.7 Å². The second-order valence-corrected chi connectivity index (χ2v) is 9.27. The van der Waals surface area contributed by atoms with E-state index >= 15 is 0 Å². The molecule has 4 aromatic heterocycles. The molecule has 5 rings (SSSR count). The monoisotopic (exact) mass is 501 g/mol. The zero-order valence-corrected chi connectivity index (χ0v) is 21.0. The Morgan fingerprint density at radius 1 is 1.19 bits per heavy atom. The van der Waals surface area contributed by atoms with E-state index in [-0.39, 0.29) is 12.6 Å². The lowest BCUT2D eigenvalue weighted by molar-refractivity contribution is 0.135. The first-order chi connectivity index (χ1) is 17.9. The molecule has 0 aliphatic carbocycles. The zero-order chi connectivity index (χ0) is 26.1. The average Bonchev–Trinajstić information content (AvgIpc) is 3.36. The van der Waals surface area contributed by atoms with Crippen molar-refractivity contribution in [2.24, 2.45) is 0 Å². The Morgan fingerprint density at radius 3 is 2.70 bits per heavy atom. The summed E-state index contributed by atoms with van der Waals surface area (Å²) in [6, 6.07) is 11.1. The normalized spacial score (nSPS) is 17.1. The van der Waals surface area contributed by atoms with E-state index < -0.39 is 11.9 Å². The molecule has 1 saturated heterocycles. The molecule has 1 N–H and O–H groups in total. The Hall–Kier alpha value is -4.07. The maximum atomic E-state index is 13.4. The van der Waals surface area contributed by atoms with Crippen LogP contribution in [-0.2, 0) is 0 Å². The van der Waals surface area contributed by atoms with Crippen LogP contribution in [0.15, 0.2) is 48.9 Å². The number of likely N-dealkylation sites (N-methyl/N-ethyl adjacent to an activating group) is 1. The minimum Gasteiger partial charge on any atom is -0.482 e. The van der Waals surface area contributed by atoms with E-state index in [0.717, 1.165) is 41.9 Å². The van der Waals surface area contributed by atoms with Gasteiger partial charge in [-0.3, -0.25) is 9.88 Å². The second kappa shape index (κ2) is 10.1. The molecular formula is C27H28FN7O2. The lowest BCUT2D eigenvalue weighted by Gasteiger charge is -2.39. The van der Waals surface area contributed by atoms with Gasteiger partial charge in [-0.25, -0.2) is 13.9 Å². The molecule has 9 nitrogen and oxygen atoms in total. The first-order valence-electron chi connectivity index (χ1n) is 12.1. The summed E-state index contributed by atoms with van der Waals surface area (Å²) < 4.78 is 21.3. The number of aryl methyl sites for hydroxylation is 1. The van der Waals surface area contributed by atoms with Crippen LogP contribution in [0.3, 0.4) is 0 Å². The first kappa shape index (κ1) is 24.6. The third-order valence-electron chi connectivity index (χ3n) is 6.95. The number of aliphatic hydroxyl groups is 1. The maximum Gasteiger partial charge on any atom is 0.148 e. The van der Waals surface area contributed by atoms with Gasteiger partial charge in [-0.2, -0.15) is 10.4 Å². The van der Waals surface area contributed by atoms with Crippen LogP contribution in [0.4, 0.5) is 10.2 Å². The highest BCUT2D eigenvalue weighted by molar-refractivity contribution is 5.77. The number of nitrogens with zero attached hydrogens (tertiary/aromatic N) is 7. The van der Waals surface area contributed by atoms with Crippen molar-refractivity contribution in [1.29, 1.82) is 5.26 Å². The fourth-order valence-electron chi connectivity index (χ4n) is 4.68. The Kier molecular flexibility index (Phi) is 6.74. The number of piperazine rings is 1. The van der Waals surface area contributed by atoms with E-state index in [1.165, 1.54) is 12.3 Å². The summed E-state index contributed by atoms with van der Waals surface area (Å²) in [5.74, 6) is 0.910. The van der Waals surface area contributed by atoms with Crippen LogP contribution in [-0.4, -0.2) is 68.9 Å². The van der Waals surface area contributed by atoms with Gasteiger partial charge in [0.2, 0.25) is 0 Å². The number of nitriles is 1. The lowest BCUT2D eigenvalue weighted by Crippen LogP contribution is -2.53. The number of halogens is 1. The maximum absolute atomic E-state index is 13.4. The summed E-state index contributed by atoms with van der Waals surface area (Å²) in [5, 5.41) is 23.8. The fraction of sp³-hybridized carbons (Fsp3) is 0.333. The van der Waals surface area contributed by atoms with Gasteiger partial charge >= 0.3 is 0 Å². The number of pyridine rings is 3. The molecule has 0 spiro atoms. The van der Waals surface area contributed by atoms with Gasteiger partial charge in [0.25, 0.3) is 0 Å². The van der Waals surface area contributed by atoms with Gasteiger partial charge in [-0.1, -0.05) is 0 Å². The number of hydrogen-bond acceptors (Lipinski definition) is 8. The van der Waals surface area contributed by atoms with Crippen molar-refractivity contribution in [3.8, 4) is 22.9 Å². The highest BCUT2D eigenvalue weighted by Crippen LogP contribution is 2.35. The lowest BCUT2D eigenvalue weighted by atomic mass is 10.0. The third-order valence-corrected chi connectivity index (χ3v) is 6.95. The minimum atomic E-state index is -0.487. The van der Waals surface area contributed by atoms with Crippen molar-refractivity contribution < 1.29 is 14.2 Å². The number of fused-ring (bicyclic) bond motifs is 1. The molecule has 10 heteroatoms. The van der Waals surface area contributed by atoms with E-state index in [1.807, 2.05) is 45.3 Å². The Bertz CT molecular complexity index is 1450. The number of rotatable bonds is 6. The molecule has 37 heavy (non-hydrogen) atoms. The molecule has 2 atom stereocenters. The fourth-order valence-corrected chi connectivity index (χ4v) is 4.68. The van der Waals surface area contributed by atoms with Gasteiger partial charge in [0.1, 0.15) is 40.6 Å². The molecule has 4 aromatic rings. The van der Waals surface area contributed by atoms with Crippen LogP contribution in [0.25, 0.3) is 16.6 Å².